The molecule has 0 aliphatic heterocycles. The van der Waals surface area contributed by atoms with Gasteiger partial charge in [0, 0.05) is 5.02 Å². The highest BCUT2D eigenvalue weighted by Gasteiger charge is 2.11. The van der Waals surface area contributed by atoms with Crippen molar-refractivity contribution in [3.05, 3.63) is 27.5 Å². The molecule has 0 bridgehead atoms. The number of halogens is 3. The number of benzene rings is 1. The molecule has 2 aromatic rings. The maximum absolute atomic E-state index is 9.35. The van der Waals surface area contributed by atoms with E-state index in [0.717, 1.165) is 4.73 Å². The number of nitrogens with zero attached hydrogens (tertiary/aromatic N) is 2. The molecule has 1 heterocycles. The zero-order chi connectivity index (χ0) is 9.59. The summed E-state index contributed by atoms with van der Waals surface area (Å²) in [5.41, 5.74) is 0.820. The van der Waals surface area contributed by atoms with Crippen LogP contribution in [0.25, 0.3) is 11.0 Å². The van der Waals surface area contributed by atoms with Crippen molar-refractivity contribution in [3.63, 3.8) is 0 Å². The third-order valence-electron chi connectivity index (χ3n) is 1.62. The molecule has 13 heavy (non-hydrogen) atoms. The molecule has 2 rings (SSSR count). The van der Waals surface area contributed by atoms with Crippen LogP contribution in [-0.4, -0.2) is 14.9 Å². The van der Waals surface area contributed by atoms with Gasteiger partial charge in [0.05, 0.1) is 5.02 Å². The molecule has 3 nitrogen and oxygen atoms in total. The zero-order valence-corrected chi connectivity index (χ0v) is 8.40. The number of aromatic nitrogens is 2. The van der Waals surface area contributed by atoms with E-state index in [9.17, 15) is 5.21 Å². The van der Waals surface area contributed by atoms with Gasteiger partial charge in [-0.2, -0.15) is 4.73 Å². The fraction of sp³-hybridized carbons (Fsp3) is 0. The Morgan fingerprint density at radius 3 is 2.62 bits per heavy atom. The molecule has 0 saturated carbocycles. The van der Waals surface area contributed by atoms with Gasteiger partial charge >= 0.3 is 0 Å². The standard InChI is InChI=1S/C7H3Cl3N2O/c8-3-1-4(9)6-5(2-3)12(13)7(10)11-6/h1-2,13H. The average Bonchev–Trinajstić information content (AvgIpc) is 2.32. The van der Waals surface area contributed by atoms with Crippen LogP contribution in [0.2, 0.25) is 15.3 Å². The quantitative estimate of drug-likeness (QED) is 0.714. The number of hydrogen-bond donors (Lipinski definition) is 1. The minimum Gasteiger partial charge on any atom is -0.425 e. The van der Waals surface area contributed by atoms with Crippen molar-refractivity contribution in [1.29, 1.82) is 0 Å². The maximum atomic E-state index is 9.35. The van der Waals surface area contributed by atoms with Gasteiger partial charge in [0.2, 0.25) is 5.28 Å². The number of rotatable bonds is 0. The second kappa shape index (κ2) is 2.94. The normalized spacial score (nSPS) is 11.0. The lowest BCUT2D eigenvalue weighted by Gasteiger charge is -1.95. The smallest absolute Gasteiger partial charge is 0.237 e. The van der Waals surface area contributed by atoms with Crippen LogP contribution in [0.3, 0.4) is 0 Å². The van der Waals surface area contributed by atoms with Crippen LogP contribution in [0.15, 0.2) is 12.1 Å². The molecule has 68 valence electrons. The minimum absolute atomic E-state index is 0.0424. The van der Waals surface area contributed by atoms with E-state index >= 15 is 0 Å². The summed E-state index contributed by atoms with van der Waals surface area (Å²) in [6.45, 7) is 0. The first kappa shape index (κ1) is 8.94. The second-order valence-corrected chi connectivity index (χ2v) is 3.63. The Morgan fingerprint density at radius 1 is 1.23 bits per heavy atom. The van der Waals surface area contributed by atoms with Crippen LogP contribution in [0.4, 0.5) is 0 Å². The van der Waals surface area contributed by atoms with Gasteiger partial charge < -0.3 is 5.21 Å². The third-order valence-corrected chi connectivity index (χ3v) is 2.37. The summed E-state index contributed by atoms with van der Waals surface area (Å²) in [4.78, 5) is 3.84. The Morgan fingerprint density at radius 2 is 1.92 bits per heavy atom. The van der Waals surface area contributed by atoms with Crippen molar-refractivity contribution in [1.82, 2.24) is 9.71 Å². The molecule has 6 heteroatoms. The monoisotopic (exact) mass is 236 g/mol. The largest absolute Gasteiger partial charge is 0.425 e. The van der Waals surface area contributed by atoms with E-state index in [0.29, 0.717) is 21.1 Å². The molecule has 1 N–H and O–H groups in total. The van der Waals surface area contributed by atoms with Gasteiger partial charge in [0.1, 0.15) is 11.0 Å². The molecule has 0 radical (unpaired) electrons. The first-order valence-corrected chi connectivity index (χ1v) is 4.45. The van der Waals surface area contributed by atoms with Crippen molar-refractivity contribution in [2.45, 2.75) is 0 Å². The summed E-state index contributed by atoms with van der Waals surface area (Å²) in [6, 6.07) is 3.07. The predicted octanol–water partition coefficient (Wildman–Crippen LogP) is 3.23. The van der Waals surface area contributed by atoms with E-state index in [1.165, 1.54) is 12.1 Å². The van der Waals surface area contributed by atoms with E-state index in [-0.39, 0.29) is 5.28 Å². The molecule has 1 aromatic heterocycles. The van der Waals surface area contributed by atoms with Gasteiger partial charge in [-0.15, -0.1) is 0 Å². The van der Waals surface area contributed by atoms with E-state index < -0.39 is 0 Å². The summed E-state index contributed by atoms with van der Waals surface area (Å²) in [7, 11) is 0. The Bertz CT molecular complexity index is 480. The highest BCUT2D eigenvalue weighted by molar-refractivity contribution is 6.38. The van der Waals surface area contributed by atoms with Crippen molar-refractivity contribution in [2.24, 2.45) is 0 Å². The number of fused-ring (bicyclic) bond motifs is 1. The summed E-state index contributed by atoms with van der Waals surface area (Å²) < 4.78 is 0.731. The number of hydrogen-bond acceptors (Lipinski definition) is 2. The summed E-state index contributed by atoms with van der Waals surface area (Å²) in [6.07, 6.45) is 0. The van der Waals surface area contributed by atoms with E-state index in [1.807, 2.05) is 0 Å². The minimum atomic E-state index is -0.0424. The van der Waals surface area contributed by atoms with Crippen LogP contribution in [-0.2, 0) is 0 Å². The van der Waals surface area contributed by atoms with Crippen LogP contribution in [0, 0.1) is 0 Å². The van der Waals surface area contributed by atoms with Crippen LogP contribution < -0.4 is 0 Å². The molecule has 0 aliphatic carbocycles. The van der Waals surface area contributed by atoms with Gasteiger partial charge in [-0.3, -0.25) is 0 Å². The molecule has 0 spiro atoms. The van der Waals surface area contributed by atoms with Crippen molar-refractivity contribution in [3.8, 4) is 0 Å². The molecule has 0 unspecified atom stereocenters. The van der Waals surface area contributed by atoms with Crippen molar-refractivity contribution >= 4 is 45.8 Å². The molecule has 0 aliphatic rings. The molecule has 0 amide bonds. The van der Waals surface area contributed by atoms with Gasteiger partial charge in [0.15, 0.2) is 0 Å². The van der Waals surface area contributed by atoms with Crippen LogP contribution in [0.1, 0.15) is 0 Å². The first-order chi connectivity index (χ1) is 6.09. The lowest BCUT2D eigenvalue weighted by molar-refractivity contribution is 0.199. The zero-order valence-electron chi connectivity index (χ0n) is 6.13. The Labute approximate surface area is 88.4 Å². The lowest BCUT2D eigenvalue weighted by atomic mass is 10.3. The lowest BCUT2D eigenvalue weighted by Crippen LogP contribution is -1.88. The predicted molar refractivity (Wildman–Crippen MR) is 51.9 cm³/mol. The van der Waals surface area contributed by atoms with Gasteiger partial charge in [0.25, 0.3) is 0 Å². The summed E-state index contributed by atoms with van der Waals surface area (Å²) >= 11 is 17.1. The van der Waals surface area contributed by atoms with Gasteiger partial charge in [-0.1, -0.05) is 23.2 Å². The highest BCUT2D eigenvalue weighted by atomic mass is 35.5. The Hall–Kier alpha value is -0.640. The van der Waals surface area contributed by atoms with E-state index in [2.05, 4.69) is 4.98 Å². The highest BCUT2D eigenvalue weighted by Crippen LogP contribution is 2.28. The second-order valence-electron chi connectivity index (χ2n) is 2.45. The van der Waals surface area contributed by atoms with Crippen molar-refractivity contribution in [2.75, 3.05) is 0 Å². The Balaban J connectivity index is 2.94. The summed E-state index contributed by atoms with van der Waals surface area (Å²) in [5, 5.41) is 10.1. The van der Waals surface area contributed by atoms with E-state index in [4.69, 9.17) is 34.8 Å². The first-order valence-electron chi connectivity index (χ1n) is 3.32. The maximum Gasteiger partial charge on any atom is 0.237 e. The van der Waals surface area contributed by atoms with Crippen LogP contribution in [0.5, 0.6) is 0 Å². The third kappa shape index (κ3) is 1.33. The fourth-order valence-electron chi connectivity index (χ4n) is 1.06. The van der Waals surface area contributed by atoms with E-state index in [1.54, 1.807) is 0 Å². The summed E-state index contributed by atoms with van der Waals surface area (Å²) in [5.74, 6) is 0. The molecular weight excluding hydrogens is 234 g/mol. The SMILES string of the molecule is On1c(Cl)nc2c(Cl)cc(Cl)cc21. The van der Waals surface area contributed by atoms with Crippen LogP contribution >= 0.6 is 34.8 Å². The molecule has 0 saturated heterocycles. The van der Waals surface area contributed by atoms with Gasteiger partial charge in [-0.25, -0.2) is 4.98 Å². The van der Waals surface area contributed by atoms with Crippen molar-refractivity contribution < 1.29 is 5.21 Å². The topological polar surface area (TPSA) is 38.0 Å². The number of imidazole rings is 1. The molecule has 0 atom stereocenters. The van der Waals surface area contributed by atoms with Gasteiger partial charge in [-0.05, 0) is 23.7 Å². The fourth-order valence-corrected chi connectivity index (χ4v) is 1.76. The Kier molecular flexibility index (Phi) is 2.02. The average molecular weight is 237 g/mol. The molecular formula is C7H3Cl3N2O. The molecule has 1 aromatic carbocycles. The molecule has 0 fully saturated rings.